The Morgan fingerprint density at radius 3 is 2.39 bits per heavy atom. The van der Waals surface area contributed by atoms with E-state index in [2.05, 4.69) is 10.9 Å². The standard InChI is InChI=1S/C17H15FN2O3/c18-13-4-2-6-15(10-13)23-14-5-1-3-12(9-14)17(22)20-19-16(21)11-7-8-11/h1-6,9-11H,7-8H2,(H,19,21)(H,20,22). The topological polar surface area (TPSA) is 67.4 Å². The summed E-state index contributed by atoms with van der Waals surface area (Å²) in [5.74, 6) is -0.271. The van der Waals surface area contributed by atoms with Crippen molar-refractivity contribution in [3.8, 4) is 11.5 Å². The summed E-state index contributed by atoms with van der Waals surface area (Å²) in [5.41, 5.74) is 5.09. The van der Waals surface area contributed by atoms with Crippen LogP contribution in [0.1, 0.15) is 23.2 Å². The number of rotatable bonds is 4. The van der Waals surface area contributed by atoms with Gasteiger partial charge in [-0.15, -0.1) is 0 Å². The molecule has 0 heterocycles. The molecule has 1 aliphatic carbocycles. The van der Waals surface area contributed by atoms with Crippen molar-refractivity contribution < 1.29 is 18.7 Å². The quantitative estimate of drug-likeness (QED) is 0.853. The molecule has 0 unspecified atom stereocenters. The number of halogens is 1. The van der Waals surface area contributed by atoms with Gasteiger partial charge in [-0.3, -0.25) is 20.4 Å². The molecule has 1 saturated carbocycles. The van der Waals surface area contributed by atoms with Gasteiger partial charge in [-0.2, -0.15) is 0 Å². The molecule has 2 aromatic carbocycles. The molecular weight excluding hydrogens is 299 g/mol. The molecule has 0 radical (unpaired) electrons. The third kappa shape index (κ3) is 4.06. The van der Waals surface area contributed by atoms with E-state index in [0.717, 1.165) is 12.8 Å². The molecule has 1 aliphatic rings. The molecule has 2 N–H and O–H groups in total. The van der Waals surface area contributed by atoms with Crippen LogP contribution in [0.3, 0.4) is 0 Å². The maximum absolute atomic E-state index is 13.1. The fourth-order valence-corrected chi connectivity index (χ4v) is 2.01. The van der Waals surface area contributed by atoms with Crippen LogP contribution >= 0.6 is 0 Å². The van der Waals surface area contributed by atoms with Crippen LogP contribution in [0.25, 0.3) is 0 Å². The molecule has 2 amide bonds. The first-order valence-corrected chi connectivity index (χ1v) is 7.25. The molecule has 5 nitrogen and oxygen atoms in total. The van der Waals surface area contributed by atoms with E-state index in [0.29, 0.717) is 17.1 Å². The van der Waals surface area contributed by atoms with Crippen molar-refractivity contribution in [2.75, 3.05) is 0 Å². The highest BCUT2D eigenvalue weighted by Gasteiger charge is 2.29. The zero-order valence-corrected chi connectivity index (χ0v) is 12.2. The van der Waals surface area contributed by atoms with E-state index in [4.69, 9.17) is 4.74 Å². The Morgan fingerprint density at radius 1 is 1.00 bits per heavy atom. The second kappa shape index (κ2) is 6.48. The minimum atomic E-state index is -0.441. The van der Waals surface area contributed by atoms with Crippen molar-refractivity contribution in [2.24, 2.45) is 5.92 Å². The van der Waals surface area contributed by atoms with Gasteiger partial charge in [-0.05, 0) is 43.2 Å². The van der Waals surface area contributed by atoms with Crippen LogP contribution in [-0.2, 0) is 4.79 Å². The van der Waals surface area contributed by atoms with E-state index in [1.807, 2.05) is 0 Å². The molecule has 3 rings (SSSR count). The van der Waals surface area contributed by atoms with Crippen LogP contribution in [0.5, 0.6) is 11.5 Å². The fourth-order valence-electron chi connectivity index (χ4n) is 2.01. The average Bonchev–Trinajstić information content (AvgIpc) is 3.37. The summed E-state index contributed by atoms with van der Waals surface area (Å²) in [6, 6.07) is 12.1. The summed E-state index contributed by atoms with van der Waals surface area (Å²) >= 11 is 0. The second-order valence-electron chi connectivity index (χ2n) is 5.30. The van der Waals surface area contributed by atoms with Gasteiger partial charge in [0, 0.05) is 17.5 Å². The first-order valence-electron chi connectivity index (χ1n) is 7.25. The van der Waals surface area contributed by atoms with Crippen molar-refractivity contribution in [2.45, 2.75) is 12.8 Å². The van der Waals surface area contributed by atoms with Gasteiger partial charge in [0.15, 0.2) is 0 Å². The first kappa shape index (κ1) is 15.0. The number of ether oxygens (including phenoxy) is 1. The zero-order chi connectivity index (χ0) is 16.2. The van der Waals surface area contributed by atoms with E-state index in [9.17, 15) is 14.0 Å². The Balaban J connectivity index is 1.64. The highest BCUT2D eigenvalue weighted by molar-refractivity contribution is 5.96. The lowest BCUT2D eigenvalue weighted by molar-refractivity contribution is -0.123. The molecule has 0 aliphatic heterocycles. The highest BCUT2D eigenvalue weighted by Crippen LogP contribution is 2.28. The highest BCUT2D eigenvalue weighted by atomic mass is 19.1. The average molecular weight is 314 g/mol. The number of amides is 2. The molecule has 0 aromatic heterocycles. The van der Waals surface area contributed by atoms with Gasteiger partial charge < -0.3 is 4.74 Å². The van der Waals surface area contributed by atoms with E-state index in [1.54, 1.807) is 24.3 Å². The lowest BCUT2D eigenvalue weighted by Gasteiger charge is -2.09. The Labute approximate surface area is 132 Å². The lowest BCUT2D eigenvalue weighted by Crippen LogP contribution is -2.42. The third-order valence-electron chi connectivity index (χ3n) is 3.38. The van der Waals surface area contributed by atoms with Crippen molar-refractivity contribution in [1.82, 2.24) is 10.9 Å². The summed E-state index contributed by atoms with van der Waals surface area (Å²) in [5, 5.41) is 0. The number of carbonyl (C=O) groups excluding carboxylic acids is 2. The number of nitrogens with one attached hydrogen (secondary N) is 2. The molecule has 0 bridgehead atoms. The predicted octanol–water partition coefficient (Wildman–Crippen LogP) is 2.79. The van der Waals surface area contributed by atoms with Gasteiger partial charge in [0.25, 0.3) is 5.91 Å². The molecule has 1 fully saturated rings. The first-order chi connectivity index (χ1) is 11.1. The number of hydrogen-bond acceptors (Lipinski definition) is 3. The maximum atomic E-state index is 13.1. The van der Waals surface area contributed by atoms with E-state index in [-0.39, 0.29) is 11.8 Å². The smallest absolute Gasteiger partial charge is 0.269 e. The van der Waals surface area contributed by atoms with Crippen LogP contribution in [0.15, 0.2) is 48.5 Å². The third-order valence-corrected chi connectivity index (χ3v) is 3.38. The summed E-state index contributed by atoms with van der Waals surface area (Å²) in [4.78, 5) is 23.5. The van der Waals surface area contributed by atoms with Gasteiger partial charge in [0.1, 0.15) is 17.3 Å². The fraction of sp³-hybridized carbons (Fsp3) is 0.176. The number of benzene rings is 2. The van der Waals surface area contributed by atoms with E-state index < -0.39 is 11.7 Å². The lowest BCUT2D eigenvalue weighted by atomic mass is 10.2. The van der Waals surface area contributed by atoms with Gasteiger partial charge in [0.2, 0.25) is 5.91 Å². The van der Waals surface area contributed by atoms with Crippen molar-refractivity contribution in [1.29, 1.82) is 0 Å². The minimum absolute atomic E-state index is 0.0120. The Bertz CT molecular complexity index is 744. The van der Waals surface area contributed by atoms with E-state index in [1.165, 1.54) is 24.3 Å². The molecule has 2 aromatic rings. The van der Waals surface area contributed by atoms with Crippen LogP contribution in [0, 0.1) is 11.7 Å². The Kier molecular flexibility index (Phi) is 4.23. The number of carbonyl (C=O) groups is 2. The van der Waals surface area contributed by atoms with Crippen LogP contribution in [0.2, 0.25) is 0 Å². The predicted molar refractivity (Wildman–Crippen MR) is 81.2 cm³/mol. The van der Waals surface area contributed by atoms with Crippen LogP contribution in [0.4, 0.5) is 4.39 Å². The largest absolute Gasteiger partial charge is 0.457 e. The SMILES string of the molecule is O=C(NNC(=O)C1CC1)c1cccc(Oc2cccc(F)c2)c1. The van der Waals surface area contributed by atoms with Crippen molar-refractivity contribution >= 4 is 11.8 Å². The van der Waals surface area contributed by atoms with Gasteiger partial charge in [0.05, 0.1) is 0 Å². The number of hydrazine groups is 1. The summed E-state index contributed by atoms with van der Waals surface area (Å²) < 4.78 is 18.7. The second-order valence-corrected chi connectivity index (χ2v) is 5.30. The van der Waals surface area contributed by atoms with Gasteiger partial charge in [-0.1, -0.05) is 12.1 Å². The minimum Gasteiger partial charge on any atom is -0.457 e. The van der Waals surface area contributed by atoms with Crippen LogP contribution < -0.4 is 15.6 Å². The molecule has 118 valence electrons. The van der Waals surface area contributed by atoms with Crippen molar-refractivity contribution in [3.05, 3.63) is 59.9 Å². The molecule has 23 heavy (non-hydrogen) atoms. The molecule has 0 atom stereocenters. The monoisotopic (exact) mass is 314 g/mol. The molecule has 0 saturated heterocycles. The maximum Gasteiger partial charge on any atom is 0.269 e. The molecular formula is C17H15FN2O3. The molecule has 0 spiro atoms. The van der Waals surface area contributed by atoms with Crippen LogP contribution in [-0.4, -0.2) is 11.8 Å². The zero-order valence-electron chi connectivity index (χ0n) is 12.2. The van der Waals surface area contributed by atoms with Gasteiger partial charge >= 0.3 is 0 Å². The summed E-state index contributed by atoms with van der Waals surface area (Å²) in [7, 11) is 0. The van der Waals surface area contributed by atoms with E-state index >= 15 is 0 Å². The Morgan fingerprint density at radius 2 is 1.70 bits per heavy atom. The number of hydrogen-bond donors (Lipinski definition) is 2. The van der Waals surface area contributed by atoms with Gasteiger partial charge in [-0.25, -0.2) is 4.39 Å². The Hall–Kier alpha value is -2.89. The summed E-state index contributed by atoms with van der Waals surface area (Å²) in [6.45, 7) is 0. The van der Waals surface area contributed by atoms with Crippen molar-refractivity contribution in [3.63, 3.8) is 0 Å². The molecule has 6 heteroatoms. The summed E-state index contributed by atoms with van der Waals surface area (Å²) in [6.07, 6.45) is 1.72. The normalized spacial score (nSPS) is 13.3.